The topological polar surface area (TPSA) is 71.5 Å². The molecular weight excluding hydrogens is 415 g/mol. The fourth-order valence-corrected chi connectivity index (χ4v) is 7.61. The summed E-state index contributed by atoms with van der Waals surface area (Å²) in [6, 6.07) is 5.44. The van der Waals surface area contributed by atoms with Gasteiger partial charge in [0.25, 0.3) is 0 Å². The first kappa shape index (κ1) is 17.2. The Morgan fingerprint density at radius 3 is 2.59 bits per heavy atom. The predicted molar refractivity (Wildman–Crippen MR) is 98.3 cm³/mol. The number of aryl methyl sites for hydroxylation is 1. The SMILES string of the molecule is COc1cc(C)c(S(O)(Nc2cccnc2)I=O)c(C)c1C. The van der Waals surface area contributed by atoms with Gasteiger partial charge in [0.2, 0.25) is 19.8 Å². The summed E-state index contributed by atoms with van der Waals surface area (Å²) in [5.41, 5.74) is 3.37. The molecule has 1 heterocycles. The number of methoxy groups -OCH3 is 1. The van der Waals surface area contributed by atoms with Gasteiger partial charge in [-0.05, 0) is 55.7 Å². The molecule has 2 aromatic rings. The highest BCUT2D eigenvalue weighted by Gasteiger charge is 2.30. The van der Waals surface area contributed by atoms with Gasteiger partial charge in [0.05, 0.1) is 26.7 Å². The van der Waals surface area contributed by atoms with E-state index in [4.69, 9.17) is 4.74 Å². The number of hydrogen-bond acceptors (Lipinski definition) is 5. The Morgan fingerprint density at radius 2 is 2.05 bits per heavy atom. The highest BCUT2D eigenvalue weighted by molar-refractivity contribution is 14.2. The van der Waals surface area contributed by atoms with Crippen LogP contribution in [0, 0.1) is 20.8 Å². The lowest BCUT2D eigenvalue weighted by Gasteiger charge is -2.32. The van der Waals surface area contributed by atoms with Gasteiger partial charge in [-0.2, -0.15) is 0 Å². The van der Waals surface area contributed by atoms with E-state index in [1.165, 1.54) is 0 Å². The maximum atomic E-state index is 11.9. The van der Waals surface area contributed by atoms with E-state index in [0.29, 0.717) is 5.69 Å². The molecule has 0 saturated heterocycles. The second-order valence-electron chi connectivity index (χ2n) is 4.89. The Morgan fingerprint density at radius 1 is 1.32 bits per heavy atom. The average Bonchev–Trinajstić information content (AvgIpc) is 2.51. The minimum absolute atomic E-state index is 0.655. The van der Waals surface area contributed by atoms with Gasteiger partial charge in [-0.15, -0.1) is 0 Å². The Hall–Kier alpha value is -1.19. The minimum atomic E-state index is -2.61. The van der Waals surface area contributed by atoms with Crippen LogP contribution in [0.4, 0.5) is 5.69 Å². The number of nitrogens with one attached hydrogen (secondary N) is 1. The molecule has 0 saturated carbocycles. The third kappa shape index (κ3) is 3.26. The summed E-state index contributed by atoms with van der Waals surface area (Å²) in [5.74, 6) is 0.769. The smallest absolute Gasteiger partial charge is 0.246 e. The van der Waals surface area contributed by atoms with Gasteiger partial charge in [-0.25, -0.2) is 0 Å². The summed E-state index contributed by atoms with van der Waals surface area (Å²) in [5, 5.41) is 0. The zero-order valence-electron chi connectivity index (χ0n) is 12.9. The third-order valence-corrected chi connectivity index (χ3v) is 8.88. The van der Waals surface area contributed by atoms with E-state index in [9.17, 15) is 7.62 Å². The van der Waals surface area contributed by atoms with Crippen molar-refractivity contribution >= 4 is 33.2 Å². The molecule has 2 N–H and O–H groups in total. The molecule has 1 unspecified atom stereocenters. The molecule has 0 spiro atoms. The van der Waals surface area contributed by atoms with Gasteiger partial charge in [0.15, 0.2) is 0 Å². The van der Waals surface area contributed by atoms with Crippen molar-refractivity contribution in [3.05, 3.63) is 47.3 Å². The largest absolute Gasteiger partial charge is 0.496 e. The van der Waals surface area contributed by atoms with E-state index in [1.807, 2.05) is 26.8 Å². The quantitative estimate of drug-likeness (QED) is 0.655. The van der Waals surface area contributed by atoms with Gasteiger partial charge in [0.1, 0.15) is 5.75 Å². The lowest BCUT2D eigenvalue weighted by Crippen LogP contribution is -2.09. The molecular formula is C15H19IN2O3S. The first-order valence-electron chi connectivity index (χ1n) is 6.60. The van der Waals surface area contributed by atoms with Gasteiger partial charge in [0, 0.05) is 11.1 Å². The van der Waals surface area contributed by atoms with E-state index in [1.54, 1.807) is 31.6 Å². The number of nitrogens with zero attached hydrogens (tertiary/aromatic N) is 1. The maximum Gasteiger partial charge on any atom is 0.246 e. The predicted octanol–water partition coefficient (Wildman–Crippen LogP) is 4.91. The number of ether oxygens (including phenoxy) is 1. The van der Waals surface area contributed by atoms with Crippen molar-refractivity contribution in [1.82, 2.24) is 4.98 Å². The lowest BCUT2D eigenvalue weighted by molar-refractivity contribution is 0.410. The Bertz CT molecular complexity index is 697. The summed E-state index contributed by atoms with van der Waals surface area (Å²) in [6.07, 6.45) is 3.26. The molecule has 0 aliphatic carbocycles. The summed E-state index contributed by atoms with van der Waals surface area (Å²) >= 11 is -1.70. The standard InChI is InChI=1S/C15H19IN2O3S/c1-10-8-14(21-4)11(2)12(3)15(10)22(20,16-19)18-13-6-5-7-17-9-13/h5-9,18,20H,1-4H3. The van der Waals surface area contributed by atoms with Gasteiger partial charge in [-0.1, -0.05) is 0 Å². The Balaban J connectivity index is 2.56. The van der Waals surface area contributed by atoms with Gasteiger partial charge < -0.3 is 14.0 Å². The van der Waals surface area contributed by atoms with E-state index < -0.39 is 27.5 Å². The molecule has 0 aliphatic heterocycles. The molecule has 5 nitrogen and oxygen atoms in total. The third-order valence-electron chi connectivity index (χ3n) is 3.47. The number of anilines is 1. The van der Waals surface area contributed by atoms with Crippen molar-refractivity contribution in [3.8, 4) is 5.75 Å². The second-order valence-corrected chi connectivity index (χ2v) is 11.5. The minimum Gasteiger partial charge on any atom is -0.496 e. The molecule has 0 bridgehead atoms. The summed E-state index contributed by atoms with van der Waals surface area (Å²) in [4.78, 5) is 4.74. The van der Waals surface area contributed by atoms with Crippen LogP contribution in [0.3, 0.4) is 0 Å². The Kier molecular flexibility index (Phi) is 5.41. The molecule has 0 radical (unpaired) electrons. The Labute approximate surface area is 140 Å². The molecule has 0 aliphatic rings. The highest BCUT2D eigenvalue weighted by Crippen LogP contribution is 2.64. The molecule has 1 aromatic heterocycles. The fraction of sp³-hybridized carbons (Fsp3) is 0.267. The summed E-state index contributed by atoms with van der Waals surface area (Å²) in [6.45, 7) is 5.75. The summed E-state index contributed by atoms with van der Waals surface area (Å²) in [7, 11) is -0.989. The fourth-order valence-electron chi connectivity index (χ4n) is 2.33. The van der Waals surface area contributed by atoms with Crippen LogP contribution in [0.25, 0.3) is 0 Å². The van der Waals surface area contributed by atoms with E-state index in [0.717, 1.165) is 27.3 Å². The molecule has 22 heavy (non-hydrogen) atoms. The van der Waals surface area contributed by atoms with Crippen molar-refractivity contribution in [1.29, 1.82) is 0 Å². The maximum absolute atomic E-state index is 11.9. The molecule has 120 valence electrons. The van der Waals surface area contributed by atoms with Crippen LogP contribution < -0.4 is 9.46 Å². The van der Waals surface area contributed by atoms with Crippen LogP contribution in [-0.2, 0) is 3.07 Å². The highest BCUT2D eigenvalue weighted by atomic mass is 127. The van der Waals surface area contributed by atoms with E-state index in [-0.39, 0.29) is 0 Å². The number of hydrogen-bond donors (Lipinski definition) is 2. The second kappa shape index (κ2) is 6.93. The molecule has 0 amide bonds. The van der Waals surface area contributed by atoms with Crippen molar-refractivity contribution in [2.24, 2.45) is 0 Å². The van der Waals surface area contributed by atoms with Crippen LogP contribution in [-0.4, -0.2) is 16.6 Å². The molecule has 7 heteroatoms. The van der Waals surface area contributed by atoms with Crippen LogP contribution in [0.1, 0.15) is 16.7 Å². The van der Waals surface area contributed by atoms with E-state index >= 15 is 0 Å². The average molecular weight is 434 g/mol. The van der Waals surface area contributed by atoms with E-state index in [2.05, 4.69) is 9.71 Å². The van der Waals surface area contributed by atoms with Crippen LogP contribution in [0.5, 0.6) is 5.75 Å². The first-order valence-corrected chi connectivity index (χ1v) is 11.6. The first-order chi connectivity index (χ1) is 10.4. The van der Waals surface area contributed by atoms with Gasteiger partial charge >= 0.3 is 0 Å². The molecule has 1 atom stereocenters. The number of rotatable bonds is 5. The molecule has 1 aromatic carbocycles. The van der Waals surface area contributed by atoms with Crippen molar-refractivity contribution in [2.45, 2.75) is 25.7 Å². The molecule has 2 rings (SSSR count). The van der Waals surface area contributed by atoms with Gasteiger partial charge in [-0.3, -0.25) is 8.05 Å². The number of benzene rings is 1. The normalized spacial score (nSPS) is 15.0. The lowest BCUT2D eigenvalue weighted by atomic mass is 10.1. The number of aromatic nitrogens is 1. The van der Waals surface area contributed by atoms with Crippen LogP contribution >= 0.6 is 27.5 Å². The van der Waals surface area contributed by atoms with Crippen molar-refractivity contribution in [2.75, 3.05) is 11.8 Å². The number of halogens is 1. The monoisotopic (exact) mass is 434 g/mol. The number of pyridine rings is 1. The van der Waals surface area contributed by atoms with Crippen molar-refractivity contribution in [3.63, 3.8) is 0 Å². The molecule has 0 fully saturated rings. The zero-order valence-corrected chi connectivity index (χ0v) is 15.9. The van der Waals surface area contributed by atoms with Crippen molar-refractivity contribution < 1.29 is 12.4 Å². The zero-order chi connectivity index (χ0) is 16.3. The summed E-state index contributed by atoms with van der Waals surface area (Å²) < 4.78 is 31.3. The van der Waals surface area contributed by atoms with Crippen LogP contribution in [0.15, 0.2) is 35.5 Å². The van der Waals surface area contributed by atoms with Crippen LogP contribution in [0.2, 0.25) is 0 Å².